The fraction of sp³-hybridized carbons (Fsp3) is 0.250. The van der Waals surface area contributed by atoms with E-state index < -0.39 is 15.7 Å². The number of aryl methyl sites for hydroxylation is 2. The minimum atomic E-state index is -3.55. The van der Waals surface area contributed by atoms with Crippen molar-refractivity contribution in [2.24, 2.45) is 7.05 Å². The molecular weight excluding hydrogens is 358 g/mol. The Bertz CT molecular complexity index is 1050. The van der Waals surface area contributed by atoms with Crippen molar-refractivity contribution in [3.63, 3.8) is 0 Å². The van der Waals surface area contributed by atoms with Crippen molar-refractivity contribution in [3.8, 4) is 11.6 Å². The third-order valence-corrected chi connectivity index (χ3v) is 5.61. The number of hydrogen-bond donors (Lipinski definition) is 1. The summed E-state index contributed by atoms with van der Waals surface area (Å²) in [5, 5.41) is 14.3. The monoisotopic (exact) mass is 375 g/mol. The van der Waals surface area contributed by atoms with E-state index in [9.17, 15) is 13.2 Å². The number of carbonyl (C=O) groups is 1. The van der Waals surface area contributed by atoms with Crippen LogP contribution in [0.15, 0.2) is 39.6 Å². The molecule has 0 aliphatic rings. The molecule has 0 fully saturated rings. The van der Waals surface area contributed by atoms with E-state index in [1.165, 1.54) is 19.1 Å². The second-order valence-corrected chi connectivity index (χ2v) is 7.81. The number of nitrogens with zero attached hydrogens (tertiary/aromatic N) is 4. The van der Waals surface area contributed by atoms with E-state index in [0.29, 0.717) is 5.69 Å². The Hall–Kier alpha value is -3.01. The van der Waals surface area contributed by atoms with Gasteiger partial charge < -0.3 is 4.42 Å². The van der Waals surface area contributed by atoms with Gasteiger partial charge in [0.1, 0.15) is 5.69 Å². The Morgan fingerprint density at radius 3 is 2.65 bits per heavy atom. The zero-order chi connectivity index (χ0) is 18.9. The van der Waals surface area contributed by atoms with Crippen LogP contribution in [0.25, 0.3) is 11.6 Å². The number of anilines is 1. The molecule has 0 unspecified atom stereocenters. The van der Waals surface area contributed by atoms with Gasteiger partial charge in [-0.25, -0.2) is 8.42 Å². The zero-order valence-corrected chi connectivity index (χ0v) is 15.2. The van der Waals surface area contributed by atoms with Crippen LogP contribution in [0.2, 0.25) is 0 Å². The van der Waals surface area contributed by atoms with Crippen LogP contribution in [0.5, 0.6) is 0 Å². The number of amides is 1. The number of sulfone groups is 1. The van der Waals surface area contributed by atoms with E-state index in [1.54, 1.807) is 29.9 Å². The lowest BCUT2D eigenvalue weighted by Gasteiger charge is -2.07. The molecular formula is C16H17N5O4S. The second kappa shape index (κ2) is 6.71. The Morgan fingerprint density at radius 1 is 1.27 bits per heavy atom. The summed E-state index contributed by atoms with van der Waals surface area (Å²) >= 11 is 0. The minimum Gasteiger partial charge on any atom is -0.401 e. The van der Waals surface area contributed by atoms with Crippen molar-refractivity contribution in [2.75, 3.05) is 11.1 Å². The van der Waals surface area contributed by atoms with Gasteiger partial charge >= 0.3 is 6.01 Å². The first-order valence-corrected chi connectivity index (χ1v) is 9.44. The Balaban J connectivity index is 1.86. The number of aromatic nitrogens is 4. The maximum Gasteiger partial charge on any atom is 0.322 e. The molecule has 2 heterocycles. The maximum absolute atomic E-state index is 12.5. The SMILES string of the molecule is CCS(=O)(=O)c1ccccc1C(=O)Nc1nnc(-c2cc(C)n(C)n2)o1. The molecule has 3 rings (SSSR count). The molecule has 1 aromatic carbocycles. The lowest BCUT2D eigenvalue weighted by atomic mass is 10.2. The molecule has 10 heteroatoms. The third kappa shape index (κ3) is 3.36. The number of rotatable bonds is 5. The highest BCUT2D eigenvalue weighted by Crippen LogP contribution is 2.21. The molecule has 2 aromatic heterocycles. The maximum atomic E-state index is 12.5. The summed E-state index contributed by atoms with van der Waals surface area (Å²) in [7, 11) is -1.77. The highest BCUT2D eigenvalue weighted by atomic mass is 32.2. The largest absolute Gasteiger partial charge is 0.401 e. The summed E-state index contributed by atoms with van der Waals surface area (Å²) in [6.07, 6.45) is 0. The molecule has 3 aromatic rings. The predicted molar refractivity (Wildman–Crippen MR) is 93.4 cm³/mol. The molecule has 26 heavy (non-hydrogen) atoms. The Kier molecular flexibility index (Phi) is 4.60. The van der Waals surface area contributed by atoms with Crippen LogP contribution < -0.4 is 5.32 Å². The standard InChI is InChI=1S/C16H17N5O4S/c1-4-26(23,24)13-8-6-5-7-11(13)14(22)17-16-19-18-15(25-16)12-9-10(2)21(3)20-12/h5-9H,4H2,1-3H3,(H,17,19,22). The first-order valence-electron chi connectivity index (χ1n) is 7.79. The normalized spacial score (nSPS) is 11.5. The van der Waals surface area contributed by atoms with Crippen LogP contribution in [0.4, 0.5) is 6.01 Å². The zero-order valence-electron chi connectivity index (χ0n) is 14.4. The molecule has 0 radical (unpaired) electrons. The summed E-state index contributed by atoms with van der Waals surface area (Å²) in [5.41, 5.74) is 1.40. The van der Waals surface area contributed by atoms with E-state index in [2.05, 4.69) is 20.6 Å². The van der Waals surface area contributed by atoms with Gasteiger partial charge in [0.2, 0.25) is 0 Å². The lowest BCUT2D eigenvalue weighted by Crippen LogP contribution is -2.17. The van der Waals surface area contributed by atoms with E-state index in [1.807, 2.05) is 6.92 Å². The summed E-state index contributed by atoms with van der Waals surface area (Å²) < 4.78 is 31.4. The van der Waals surface area contributed by atoms with Crippen molar-refractivity contribution < 1.29 is 17.6 Å². The third-order valence-electron chi connectivity index (χ3n) is 3.83. The van der Waals surface area contributed by atoms with Crippen molar-refractivity contribution in [3.05, 3.63) is 41.6 Å². The molecule has 0 aliphatic carbocycles. The quantitative estimate of drug-likeness (QED) is 0.722. The van der Waals surface area contributed by atoms with Gasteiger partial charge in [0.05, 0.1) is 16.2 Å². The van der Waals surface area contributed by atoms with Crippen LogP contribution in [0, 0.1) is 6.92 Å². The molecule has 1 amide bonds. The summed E-state index contributed by atoms with van der Waals surface area (Å²) in [5.74, 6) is -0.607. The van der Waals surface area contributed by atoms with Crippen molar-refractivity contribution in [1.29, 1.82) is 0 Å². The van der Waals surface area contributed by atoms with Crippen LogP contribution in [-0.2, 0) is 16.9 Å². The van der Waals surface area contributed by atoms with Gasteiger partial charge in [-0.05, 0) is 25.1 Å². The number of benzene rings is 1. The number of nitrogens with one attached hydrogen (secondary N) is 1. The smallest absolute Gasteiger partial charge is 0.322 e. The molecule has 0 spiro atoms. The number of carbonyl (C=O) groups excluding carboxylic acids is 1. The lowest BCUT2D eigenvalue weighted by molar-refractivity contribution is 0.102. The van der Waals surface area contributed by atoms with Gasteiger partial charge in [-0.3, -0.25) is 14.8 Å². The minimum absolute atomic E-state index is 0.0165. The Labute approximate surface area is 150 Å². The molecule has 0 saturated carbocycles. The predicted octanol–water partition coefficient (Wildman–Crippen LogP) is 1.82. The summed E-state index contributed by atoms with van der Waals surface area (Å²) in [6.45, 7) is 3.39. The van der Waals surface area contributed by atoms with E-state index in [4.69, 9.17) is 4.42 Å². The fourth-order valence-electron chi connectivity index (χ4n) is 2.29. The molecule has 0 atom stereocenters. The van der Waals surface area contributed by atoms with E-state index in [-0.39, 0.29) is 28.1 Å². The number of hydrogen-bond acceptors (Lipinski definition) is 7. The van der Waals surface area contributed by atoms with Gasteiger partial charge in [0.15, 0.2) is 9.84 Å². The molecule has 0 saturated heterocycles. The highest BCUT2D eigenvalue weighted by molar-refractivity contribution is 7.91. The van der Waals surface area contributed by atoms with Crippen molar-refractivity contribution in [1.82, 2.24) is 20.0 Å². The molecule has 1 N–H and O–H groups in total. The average molecular weight is 375 g/mol. The van der Waals surface area contributed by atoms with Gasteiger partial charge in [-0.15, -0.1) is 5.10 Å². The highest BCUT2D eigenvalue weighted by Gasteiger charge is 2.22. The fourth-order valence-corrected chi connectivity index (χ4v) is 3.38. The molecule has 9 nitrogen and oxygen atoms in total. The Morgan fingerprint density at radius 2 is 2.00 bits per heavy atom. The summed E-state index contributed by atoms with van der Waals surface area (Å²) in [4.78, 5) is 12.4. The first kappa shape index (κ1) is 17.8. The average Bonchev–Trinajstić information content (AvgIpc) is 3.22. The topological polar surface area (TPSA) is 120 Å². The van der Waals surface area contributed by atoms with E-state index in [0.717, 1.165) is 5.69 Å². The van der Waals surface area contributed by atoms with Crippen LogP contribution in [-0.4, -0.2) is 40.1 Å². The first-order chi connectivity index (χ1) is 12.3. The van der Waals surface area contributed by atoms with Gasteiger partial charge in [-0.1, -0.05) is 24.2 Å². The van der Waals surface area contributed by atoms with Crippen LogP contribution >= 0.6 is 0 Å². The molecule has 136 valence electrons. The van der Waals surface area contributed by atoms with Gasteiger partial charge in [-0.2, -0.15) is 5.10 Å². The second-order valence-electron chi connectivity index (χ2n) is 5.56. The van der Waals surface area contributed by atoms with Crippen LogP contribution in [0.1, 0.15) is 23.0 Å². The van der Waals surface area contributed by atoms with Gasteiger partial charge in [0.25, 0.3) is 11.8 Å². The van der Waals surface area contributed by atoms with Crippen molar-refractivity contribution in [2.45, 2.75) is 18.7 Å². The molecule has 0 bridgehead atoms. The van der Waals surface area contributed by atoms with Crippen molar-refractivity contribution >= 4 is 21.8 Å². The summed E-state index contributed by atoms with van der Waals surface area (Å²) in [6, 6.07) is 7.59. The van der Waals surface area contributed by atoms with Crippen LogP contribution in [0.3, 0.4) is 0 Å². The molecule has 0 aliphatic heterocycles. The van der Waals surface area contributed by atoms with Gasteiger partial charge in [0, 0.05) is 12.7 Å². The van der Waals surface area contributed by atoms with E-state index >= 15 is 0 Å².